The van der Waals surface area contributed by atoms with Gasteiger partial charge in [0.1, 0.15) is 11.5 Å². The SMILES string of the molecule is Cc1ccs[nH+]1. The van der Waals surface area contributed by atoms with Gasteiger partial charge >= 0.3 is 0 Å². The van der Waals surface area contributed by atoms with Crippen molar-refractivity contribution >= 4 is 11.5 Å². The normalized spacial score (nSPS) is 8.83. The molecule has 0 fully saturated rings. The van der Waals surface area contributed by atoms with Crippen molar-refractivity contribution < 1.29 is 4.37 Å². The standard InChI is InChI=1S/C4H5NS/c1-4-2-3-6-5-4/h2-3H,1H3/p+1. The first-order valence-electron chi connectivity index (χ1n) is 1.81. The molecule has 0 aromatic carbocycles. The van der Waals surface area contributed by atoms with Crippen LogP contribution in [0.5, 0.6) is 0 Å². The summed E-state index contributed by atoms with van der Waals surface area (Å²) in [6.07, 6.45) is 0. The highest BCUT2D eigenvalue weighted by Crippen LogP contribution is 1.86. The summed E-state index contributed by atoms with van der Waals surface area (Å²) >= 11 is 1.61. The van der Waals surface area contributed by atoms with E-state index >= 15 is 0 Å². The molecule has 0 spiro atoms. The molecule has 1 nitrogen and oxygen atoms in total. The van der Waals surface area contributed by atoms with Gasteiger partial charge in [-0.2, -0.15) is 4.37 Å². The van der Waals surface area contributed by atoms with E-state index < -0.39 is 0 Å². The summed E-state index contributed by atoms with van der Waals surface area (Å²) in [5.41, 5.74) is 1.24. The Morgan fingerprint density at radius 2 is 2.67 bits per heavy atom. The molecule has 1 aromatic heterocycles. The van der Waals surface area contributed by atoms with E-state index in [9.17, 15) is 0 Å². The zero-order valence-electron chi connectivity index (χ0n) is 3.56. The monoisotopic (exact) mass is 100 g/mol. The minimum atomic E-state index is 1.24. The molecule has 0 saturated heterocycles. The van der Waals surface area contributed by atoms with Gasteiger partial charge in [-0.1, -0.05) is 0 Å². The first-order valence-corrected chi connectivity index (χ1v) is 2.69. The third-order valence-electron chi connectivity index (χ3n) is 0.606. The predicted molar refractivity (Wildman–Crippen MR) is 25.6 cm³/mol. The highest BCUT2D eigenvalue weighted by molar-refractivity contribution is 6.99. The number of rotatable bonds is 0. The maximum absolute atomic E-state index is 3.04. The number of aromatic amines is 1. The Kier molecular flexibility index (Phi) is 0.881. The fourth-order valence-electron chi connectivity index (χ4n) is 0.297. The van der Waals surface area contributed by atoms with Gasteiger partial charge in [0.05, 0.1) is 5.38 Å². The Balaban J connectivity index is 3.05. The number of H-pyrrole nitrogens is 1. The molecule has 1 rings (SSSR count). The average molecular weight is 100 g/mol. The predicted octanol–water partition coefficient (Wildman–Crippen LogP) is 0.871. The van der Waals surface area contributed by atoms with Crippen molar-refractivity contribution in [2.75, 3.05) is 0 Å². The summed E-state index contributed by atoms with van der Waals surface area (Å²) in [4.78, 5) is 0. The molecule has 2 heteroatoms. The lowest BCUT2D eigenvalue weighted by atomic mass is 10.5. The van der Waals surface area contributed by atoms with E-state index in [0.29, 0.717) is 0 Å². The zero-order valence-corrected chi connectivity index (χ0v) is 4.38. The van der Waals surface area contributed by atoms with Crippen LogP contribution in [0, 0.1) is 6.92 Å². The first kappa shape index (κ1) is 3.81. The Morgan fingerprint density at radius 1 is 1.83 bits per heavy atom. The molecule has 0 atom stereocenters. The molecule has 32 valence electrons. The minimum absolute atomic E-state index is 1.24. The Morgan fingerprint density at radius 3 is 2.83 bits per heavy atom. The van der Waals surface area contributed by atoms with Crippen LogP contribution in [-0.4, -0.2) is 0 Å². The van der Waals surface area contributed by atoms with E-state index in [-0.39, 0.29) is 0 Å². The fourth-order valence-corrected chi connectivity index (χ4v) is 0.891. The van der Waals surface area contributed by atoms with Gasteiger partial charge in [-0.05, 0) is 0 Å². The van der Waals surface area contributed by atoms with Crippen LogP contribution >= 0.6 is 11.5 Å². The summed E-state index contributed by atoms with van der Waals surface area (Å²) in [6.45, 7) is 2.04. The zero-order chi connectivity index (χ0) is 4.41. The van der Waals surface area contributed by atoms with Gasteiger partial charge in [-0.3, -0.25) is 0 Å². The smallest absolute Gasteiger partial charge is 0.152 e. The molecule has 1 N–H and O–H groups in total. The molecule has 0 amide bonds. The molecule has 6 heavy (non-hydrogen) atoms. The van der Waals surface area contributed by atoms with Crippen molar-refractivity contribution in [3.63, 3.8) is 0 Å². The van der Waals surface area contributed by atoms with Gasteiger partial charge in [0.25, 0.3) is 0 Å². The molecule has 1 heterocycles. The van der Waals surface area contributed by atoms with Crippen molar-refractivity contribution in [1.82, 2.24) is 0 Å². The molecule has 0 aliphatic heterocycles. The van der Waals surface area contributed by atoms with Crippen molar-refractivity contribution in [1.29, 1.82) is 0 Å². The second kappa shape index (κ2) is 1.39. The highest BCUT2D eigenvalue weighted by Gasteiger charge is 1.85. The van der Waals surface area contributed by atoms with Gasteiger partial charge in [-0.15, -0.1) is 0 Å². The Labute approximate surface area is 40.8 Å². The highest BCUT2D eigenvalue weighted by atomic mass is 32.1. The largest absolute Gasteiger partial charge is 0.190 e. The van der Waals surface area contributed by atoms with E-state index in [0.717, 1.165) is 0 Å². The van der Waals surface area contributed by atoms with Crippen LogP contribution in [0.1, 0.15) is 5.69 Å². The van der Waals surface area contributed by atoms with Gasteiger partial charge in [0, 0.05) is 13.0 Å². The van der Waals surface area contributed by atoms with Gasteiger partial charge in [0.15, 0.2) is 5.69 Å². The lowest BCUT2D eigenvalue weighted by molar-refractivity contribution is -0.300. The van der Waals surface area contributed by atoms with Crippen molar-refractivity contribution in [2.24, 2.45) is 0 Å². The Bertz CT molecular complexity index is 111. The number of nitrogens with one attached hydrogen (secondary N) is 1. The second-order valence-corrected chi connectivity index (χ2v) is 1.92. The van der Waals surface area contributed by atoms with Gasteiger partial charge < -0.3 is 0 Å². The third-order valence-corrected chi connectivity index (χ3v) is 1.32. The first-order chi connectivity index (χ1) is 2.89. The summed E-state index contributed by atoms with van der Waals surface area (Å²) in [6, 6.07) is 2.05. The van der Waals surface area contributed by atoms with Crippen molar-refractivity contribution in [3.05, 3.63) is 17.1 Å². The van der Waals surface area contributed by atoms with Crippen LogP contribution in [0.3, 0.4) is 0 Å². The minimum Gasteiger partial charge on any atom is -0.152 e. The molecule has 1 aromatic rings. The van der Waals surface area contributed by atoms with E-state index in [1.807, 2.05) is 18.4 Å². The van der Waals surface area contributed by atoms with E-state index in [4.69, 9.17) is 0 Å². The number of aromatic nitrogens is 1. The van der Waals surface area contributed by atoms with E-state index in [2.05, 4.69) is 4.37 Å². The number of aryl methyl sites for hydroxylation is 1. The van der Waals surface area contributed by atoms with Crippen molar-refractivity contribution in [3.8, 4) is 0 Å². The fraction of sp³-hybridized carbons (Fsp3) is 0.250. The van der Waals surface area contributed by atoms with Crippen LogP contribution in [-0.2, 0) is 0 Å². The molecule has 0 aliphatic carbocycles. The molecule has 0 radical (unpaired) electrons. The average Bonchev–Trinajstić information content (AvgIpc) is 1.86. The van der Waals surface area contributed by atoms with E-state index in [1.165, 1.54) is 5.69 Å². The van der Waals surface area contributed by atoms with Crippen molar-refractivity contribution in [2.45, 2.75) is 6.92 Å². The lowest BCUT2D eigenvalue weighted by Crippen LogP contribution is -1.92. The quantitative estimate of drug-likeness (QED) is 0.459. The summed E-state index contributed by atoms with van der Waals surface area (Å²) in [5.74, 6) is 0. The van der Waals surface area contributed by atoms with Crippen LogP contribution < -0.4 is 4.37 Å². The van der Waals surface area contributed by atoms with Crippen LogP contribution in [0.2, 0.25) is 0 Å². The number of hydrogen-bond donors (Lipinski definition) is 0. The van der Waals surface area contributed by atoms with Crippen LogP contribution in [0.4, 0.5) is 0 Å². The molecular weight excluding hydrogens is 94.1 g/mol. The van der Waals surface area contributed by atoms with Gasteiger partial charge in [-0.25, -0.2) is 0 Å². The number of hydrogen-bond acceptors (Lipinski definition) is 1. The molecular formula is C4H6NS+. The summed E-state index contributed by atoms with van der Waals surface area (Å²) < 4.78 is 3.04. The second-order valence-electron chi connectivity index (χ2n) is 1.21. The molecule has 0 aliphatic rings. The Hall–Kier alpha value is -0.370. The van der Waals surface area contributed by atoms with Gasteiger partial charge in [0.2, 0.25) is 0 Å². The van der Waals surface area contributed by atoms with Crippen LogP contribution in [0.25, 0.3) is 0 Å². The van der Waals surface area contributed by atoms with Crippen LogP contribution in [0.15, 0.2) is 11.4 Å². The molecule has 0 bridgehead atoms. The molecule has 0 unspecified atom stereocenters. The molecule has 0 saturated carbocycles. The topological polar surface area (TPSA) is 14.1 Å². The lowest BCUT2D eigenvalue weighted by Gasteiger charge is -1.55. The van der Waals surface area contributed by atoms with E-state index in [1.54, 1.807) is 11.5 Å². The summed E-state index contributed by atoms with van der Waals surface area (Å²) in [5, 5.41) is 2.02. The maximum Gasteiger partial charge on any atom is 0.190 e. The third kappa shape index (κ3) is 0.571. The maximum atomic E-state index is 3.04. The summed E-state index contributed by atoms with van der Waals surface area (Å²) in [7, 11) is 0.